The zero-order chi connectivity index (χ0) is 18.1. The van der Waals surface area contributed by atoms with Crippen molar-refractivity contribution in [1.29, 1.82) is 0 Å². The maximum Gasteiger partial charge on any atom is 0.256 e. The highest BCUT2D eigenvalue weighted by Gasteiger charge is 2.32. The molecule has 0 unspecified atom stereocenters. The fourth-order valence-corrected chi connectivity index (χ4v) is 4.39. The minimum absolute atomic E-state index is 0.163. The normalized spacial score (nSPS) is 16.6. The quantitative estimate of drug-likeness (QED) is 0.788. The van der Waals surface area contributed by atoms with Gasteiger partial charge >= 0.3 is 0 Å². The highest BCUT2D eigenvalue weighted by atomic mass is 79.9. The minimum atomic E-state index is -0.163. The smallest absolute Gasteiger partial charge is 0.256 e. The highest BCUT2D eigenvalue weighted by Crippen LogP contribution is 2.35. The van der Waals surface area contributed by atoms with Crippen molar-refractivity contribution in [3.05, 3.63) is 58.1 Å². The average molecular weight is 413 g/mol. The molecule has 4 nitrogen and oxygen atoms in total. The van der Waals surface area contributed by atoms with Gasteiger partial charge in [0.15, 0.2) is 0 Å². The molecule has 0 atom stereocenters. The number of hydrogen-bond acceptors (Lipinski definition) is 2. The maximum atomic E-state index is 12.8. The third-order valence-corrected chi connectivity index (χ3v) is 6.02. The molecule has 0 spiro atoms. The summed E-state index contributed by atoms with van der Waals surface area (Å²) in [4.78, 5) is 27.3. The number of rotatable bonds is 3. The zero-order valence-corrected chi connectivity index (χ0v) is 16.1. The average Bonchev–Trinajstić information content (AvgIpc) is 3.31. The van der Waals surface area contributed by atoms with Crippen LogP contribution in [0, 0.1) is 5.92 Å². The molecular formula is C21H21BrN2O2. The fraction of sp³-hybridized carbons (Fsp3) is 0.333. The van der Waals surface area contributed by atoms with Gasteiger partial charge in [0.1, 0.15) is 0 Å². The first-order valence-electron chi connectivity index (χ1n) is 9.13. The van der Waals surface area contributed by atoms with E-state index in [1.165, 1.54) is 5.56 Å². The summed E-state index contributed by atoms with van der Waals surface area (Å²) in [6.45, 7) is 0.742. The molecule has 0 saturated heterocycles. The lowest BCUT2D eigenvalue weighted by Gasteiger charge is -2.21. The first-order chi connectivity index (χ1) is 12.6. The molecule has 2 aliphatic rings. The molecule has 1 fully saturated rings. The standard InChI is InChI=1S/C21H21BrN2O2/c22-18-8-4-3-7-17(18)20(25)23-16-10-9-14-11-12-24(19(14)13-16)21(26)15-5-1-2-6-15/h3-4,7-10,13,15H,1-2,5-6,11-12H2,(H,23,25). The van der Waals surface area contributed by atoms with Gasteiger partial charge in [-0.05, 0) is 65.0 Å². The monoisotopic (exact) mass is 412 g/mol. The van der Waals surface area contributed by atoms with E-state index in [0.29, 0.717) is 5.56 Å². The van der Waals surface area contributed by atoms with Crippen molar-refractivity contribution in [3.8, 4) is 0 Å². The van der Waals surface area contributed by atoms with Gasteiger partial charge in [-0.1, -0.05) is 31.0 Å². The van der Waals surface area contributed by atoms with Crippen molar-refractivity contribution in [2.24, 2.45) is 5.92 Å². The highest BCUT2D eigenvalue weighted by molar-refractivity contribution is 9.10. The minimum Gasteiger partial charge on any atom is -0.322 e. The van der Waals surface area contributed by atoms with Crippen molar-refractivity contribution in [3.63, 3.8) is 0 Å². The zero-order valence-electron chi connectivity index (χ0n) is 14.5. The number of carbonyl (C=O) groups excluding carboxylic acids is 2. The molecule has 134 valence electrons. The Bertz CT molecular complexity index is 859. The van der Waals surface area contributed by atoms with Gasteiger partial charge in [0.2, 0.25) is 5.91 Å². The Morgan fingerprint density at radius 2 is 1.85 bits per heavy atom. The fourth-order valence-electron chi connectivity index (χ4n) is 3.92. The molecule has 2 aromatic rings. The van der Waals surface area contributed by atoms with E-state index in [1.807, 2.05) is 41.3 Å². The van der Waals surface area contributed by atoms with Crippen LogP contribution in [0.3, 0.4) is 0 Å². The van der Waals surface area contributed by atoms with Gasteiger partial charge in [-0.25, -0.2) is 0 Å². The van der Waals surface area contributed by atoms with E-state index in [9.17, 15) is 9.59 Å². The molecule has 5 heteroatoms. The number of benzene rings is 2. The lowest BCUT2D eigenvalue weighted by molar-refractivity contribution is -0.122. The summed E-state index contributed by atoms with van der Waals surface area (Å²) in [5, 5.41) is 2.95. The lowest BCUT2D eigenvalue weighted by atomic mass is 10.1. The molecule has 1 heterocycles. The number of nitrogens with one attached hydrogen (secondary N) is 1. The van der Waals surface area contributed by atoms with Gasteiger partial charge in [-0.15, -0.1) is 0 Å². The molecule has 1 aliphatic heterocycles. The third kappa shape index (κ3) is 3.28. The number of fused-ring (bicyclic) bond motifs is 1. The number of amides is 2. The summed E-state index contributed by atoms with van der Waals surface area (Å²) in [7, 11) is 0. The third-order valence-electron chi connectivity index (χ3n) is 5.33. The van der Waals surface area contributed by atoms with Gasteiger partial charge < -0.3 is 10.2 Å². The van der Waals surface area contributed by atoms with Crippen LogP contribution >= 0.6 is 15.9 Å². The summed E-state index contributed by atoms with van der Waals surface area (Å²) < 4.78 is 0.761. The van der Waals surface area contributed by atoms with Crippen molar-refractivity contribution in [1.82, 2.24) is 0 Å². The van der Waals surface area contributed by atoms with Crippen LogP contribution in [0.5, 0.6) is 0 Å². The van der Waals surface area contributed by atoms with Crippen molar-refractivity contribution in [2.45, 2.75) is 32.1 Å². The summed E-state index contributed by atoms with van der Waals surface area (Å²) in [5.41, 5.74) is 3.43. The second-order valence-corrected chi connectivity index (χ2v) is 7.85. The number of nitrogens with zero attached hydrogens (tertiary/aromatic N) is 1. The van der Waals surface area contributed by atoms with E-state index >= 15 is 0 Å². The molecule has 1 aliphatic carbocycles. The van der Waals surface area contributed by atoms with Crippen LogP contribution in [0.2, 0.25) is 0 Å². The number of hydrogen-bond donors (Lipinski definition) is 1. The van der Waals surface area contributed by atoms with Gasteiger partial charge in [0, 0.05) is 28.3 Å². The van der Waals surface area contributed by atoms with Crippen LogP contribution in [0.25, 0.3) is 0 Å². The van der Waals surface area contributed by atoms with Crippen LogP contribution in [0.15, 0.2) is 46.9 Å². The molecule has 0 bridgehead atoms. The molecule has 26 heavy (non-hydrogen) atoms. The van der Waals surface area contributed by atoms with E-state index in [2.05, 4.69) is 21.2 Å². The Morgan fingerprint density at radius 1 is 1.08 bits per heavy atom. The lowest BCUT2D eigenvalue weighted by Crippen LogP contribution is -2.33. The number of carbonyl (C=O) groups is 2. The Morgan fingerprint density at radius 3 is 2.62 bits per heavy atom. The molecule has 1 saturated carbocycles. The first-order valence-corrected chi connectivity index (χ1v) is 9.93. The SMILES string of the molecule is O=C(Nc1ccc2c(c1)N(C(=O)C1CCCC1)CC2)c1ccccc1Br. The van der Waals surface area contributed by atoms with Gasteiger partial charge in [0.25, 0.3) is 5.91 Å². The van der Waals surface area contributed by atoms with E-state index in [0.717, 1.165) is 54.5 Å². The van der Waals surface area contributed by atoms with Crippen molar-refractivity contribution in [2.75, 3.05) is 16.8 Å². The Hall–Kier alpha value is -2.14. The summed E-state index contributed by atoms with van der Waals surface area (Å²) in [6, 6.07) is 13.2. The van der Waals surface area contributed by atoms with Gasteiger partial charge in [-0.2, -0.15) is 0 Å². The summed E-state index contributed by atoms with van der Waals surface area (Å²) in [5.74, 6) is 0.249. The number of halogens is 1. The molecule has 1 N–H and O–H groups in total. The van der Waals surface area contributed by atoms with E-state index in [-0.39, 0.29) is 17.7 Å². The molecule has 0 aromatic heterocycles. The van der Waals surface area contributed by atoms with E-state index in [4.69, 9.17) is 0 Å². The number of anilines is 2. The largest absolute Gasteiger partial charge is 0.322 e. The topological polar surface area (TPSA) is 49.4 Å². The van der Waals surface area contributed by atoms with E-state index in [1.54, 1.807) is 6.07 Å². The predicted molar refractivity (Wildman–Crippen MR) is 107 cm³/mol. The molecule has 2 amide bonds. The second kappa shape index (κ2) is 7.23. The summed E-state index contributed by atoms with van der Waals surface area (Å²) >= 11 is 3.41. The summed E-state index contributed by atoms with van der Waals surface area (Å²) in [6.07, 6.45) is 5.19. The van der Waals surface area contributed by atoms with Crippen molar-refractivity contribution < 1.29 is 9.59 Å². The van der Waals surface area contributed by atoms with Gasteiger partial charge in [-0.3, -0.25) is 9.59 Å². The van der Waals surface area contributed by atoms with Gasteiger partial charge in [0.05, 0.1) is 5.56 Å². The van der Waals surface area contributed by atoms with Crippen LogP contribution < -0.4 is 10.2 Å². The molecular weight excluding hydrogens is 392 g/mol. The van der Waals surface area contributed by atoms with Crippen LogP contribution in [-0.2, 0) is 11.2 Å². The Kier molecular flexibility index (Phi) is 4.81. The van der Waals surface area contributed by atoms with E-state index < -0.39 is 0 Å². The van der Waals surface area contributed by atoms with Crippen LogP contribution in [0.4, 0.5) is 11.4 Å². The Labute approximate surface area is 161 Å². The molecule has 4 rings (SSSR count). The predicted octanol–water partition coefficient (Wildman–Crippen LogP) is 4.78. The van der Waals surface area contributed by atoms with Crippen LogP contribution in [0.1, 0.15) is 41.6 Å². The first kappa shape index (κ1) is 17.3. The van der Waals surface area contributed by atoms with Crippen molar-refractivity contribution >= 4 is 39.1 Å². The maximum absolute atomic E-state index is 12.8. The molecule has 0 radical (unpaired) electrons. The van der Waals surface area contributed by atoms with Crippen LogP contribution in [-0.4, -0.2) is 18.4 Å². The molecule has 2 aromatic carbocycles. The Balaban J connectivity index is 1.55. The second-order valence-electron chi connectivity index (χ2n) is 7.00.